The number of hydrogen-bond donors (Lipinski definition) is 4. The van der Waals surface area contributed by atoms with Crippen molar-refractivity contribution in [3.8, 4) is 68.0 Å². The number of benzene rings is 4. The van der Waals surface area contributed by atoms with Crippen LogP contribution in [-0.4, -0.2) is 162 Å². The van der Waals surface area contributed by atoms with Crippen molar-refractivity contribution in [1.82, 2.24) is 58.4 Å². The number of piperazine rings is 2. The van der Waals surface area contributed by atoms with Crippen molar-refractivity contribution in [3.63, 3.8) is 0 Å². The summed E-state index contributed by atoms with van der Waals surface area (Å²) in [4.78, 5) is 75.7. The average molecular weight is 1490 g/mol. The molecule has 4 aliphatic rings. The minimum Gasteiger partial charge on any atom is -0.493 e. The minimum atomic E-state index is -0.460. The van der Waals surface area contributed by atoms with Gasteiger partial charge in [-0.3, -0.25) is 36.8 Å². The number of likely N-dealkylation sites (N-methyl/N-ethyl adjacent to an activating group) is 1. The van der Waals surface area contributed by atoms with E-state index in [1.807, 2.05) is 104 Å². The van der Waals surface area contributed by atoms with Gasteiger partial charge in [0.15, 0.2) is 23.0 Å². The summed E-state index contributed by atoms with van der Waals surface area (Å²) in [5.41, 5.74) is 11.4. The summed E-state index contributed by atoms with van der Waals surface area (Å²) >= 11 is 11.8. The van der Waals surface area contributed by atoms with Gasteiger partial charge in [0.1, 0.15) is 34.2 Å². The van der Waals surface area contributed by atoms with Gasteiger partial charge in [-0.1, -0.05) is 29.3 Å². The Morgan fingerprint density at radius 3 is 1.37 bits per heavy atom. The summed E-state index contributed by atoms with van der Waals surface area (Å²) in [7, 11) is 8.46. The fraction of sp³-hybridized carbons (Fsp3) is 0.275. The van der Waals surface area contributed by atoms with E-state index in [2.05, 4.69) is 76.0 Å². The molecule has 3 fully saturated rings. The quantitative estimate of drug-likeness (QED) is 0.0840. The summed E-state index contributed by atoms with van der Waals surface area (Å²) in [6.45, 7) is 12.4. The summed E-state index contributed by atoms with van der Waals surface area (Å²) < 4.78 is 54.7. The lowest BCUT2D eigenvalue weighted by atomic mass is 10.0. The summed E-state index contributed by atoms with van der Waals surface area (Å²) in [6, 6.07) is 41.3. The Kier molecular flexibility index (Phi) is 23.3. The molecule has 4 N–H and O–H groups in total. The van der Waals surface area contributed by atoms with E-state index in [1.165, 1.54) is 50.8 Å². The van der Waals surface area contributed by atoms with Crippen LogP contribution in [0.4, 0.5) is 25.8 Å². The van der Waals surface area contributed by atoms with Crippen LogP contribution in [-0.2, 0) is 0 Å². The topological polar surface area (TPSA) is 232 Å². The number of aromatic nitrogens is 8. The molecule has 552 valence electrons. The van der Waals surface area contributed by atoms with Crippen LogP contribution in [0.5, 0.6) is 23.0 Å². The second kappa shape index (κ2) is 33.6. The van der Waals surface area contributed by atoms with E-state index in [-0.39, 0.29) is 32.3 Å². The largest absolute Gasteiger partial charge is 0.493 e. The van der Waals surface area contributed by atoms with Gasteiger partial charge in [-0.25, -0.2) is 28.7 Å². The highest BCUT2D eigenvalue weighted by atomic mass is 35.5. The van der Waals surface area contributed by atoms with Crippen LogP contribution in [0.15, 0.2) is 196 Å². The molecule has 0 aliphatic carbocycles. The van der Waals surface area contributed by atoms with Gasteiger partial charge in [0, 0.05) is 152 Å². The van der Waals surface area contributed by atoms with Crippen molar-refractivity contribution in [1.29, 1.82) is 0 Å². The van der Waals surface area contributed by atoms with Gasteiger partial charge in [-0.2, -0.15) is 0 Å². The number of piperidine rings is 1. The third-order valence-electron chi connectivity index (χ3n) is 19.0. The number of pyridine rings is 4. The van der Waals surface area contributed by atoms with E-state index >= 15 is 0 Å². The minimum absolute atomic E-state index is 0.106. The third-order valence-corrected chi connectivity index (χ3v) is 19.4. The second-order valence-corrected chi connectivity index (χ2v) is 27.2. The Hall–Kier alpha value is -11.1. The maximum atomic E-state index is 13.6. The lowest BCUT2D eigenvalue weighted by Gasteiger charge is -2.33. The van der Waals surface area contributed by atoms with E-state index in [1.54, 1.807) is 67.7 Å². The molecule has 4 aromatic carbocycles. The average Bonchev–Trinajstić information content (AvgIpc) is 0.799. The van der Waals surface area contributed by atoms with Gasteiger partial charge in [-0.15, -0.1) is 0 Å². The highest BCUT2D eigenvalue weighted by Crippen LogP contribution is 2.34. The molecule has 107 heavy (non-hydrogen) atoms. The lowest BCUT2D eigenvalue weighted by molar-refractivity contribution is 0.355. The highest BCUT2D eigenvalue weighted by Gasteiger charge is 2.21. The van der Waals surface area contributed by atoms with Crippen LogP contribution in [0.3, 0.4) is 0 Å². The monoisotopic (exact) mass is 1490 g/mol. The van der Waals surface area contributed by atoms with Gasteiger partial charge in [0.25, 0.3) is 22.2 Å². The fourth-order valence-electron chi connectivity index (χ4n) is 13.3. The standard InChI is InChI=1S/C22H23N3O3.C21H24N4O3.C19H18ClFN4O.C18H16ClFN4O/c1-24-10-8-15(9-11-24)17-5-7-21-23-18(13-22(26)25(21)14-17)16-4-6-19(27-2)20(12-16)28-3;1-27-18-5-3-14(11-19(18)28-2)17-12-21(26)25-13-16(4-6-20(25)24-17)23-15-7-9-22-10-8-15;1-12-10-24(5-4-22-12)16-2-3-18-23-17(9-19(26)25(18)11-16)13-6-14(20)8-15(21)7-13;19-13-7-12(8-14(20)9-13)16-10-18(25)24-11-15(1-2-17(24)22-16)23-5-3-21-4-6-23/h4-8,12-14H,9-11H2,1-3H3;3-6,11-13,15,22-23H,7-10H2,1-2H3;2-3,6-9,11-12,22H,4-5,10H2,1H3;1-2,7-11,21H,3-6H2/t;;12-;/m..0./s1. The Morgan fingerprint density at radius 2 is 0.897 bits per heavy atom. The molecule has 4 aliphatic heterocycles. The van der Waals surface area contributed by atoms with E-state index in [4.69, 9.17) is 42.1 Å². The first-order valence-electron chi connectivity index (χ1n) is 35.2. The number of halogens is 4. The van der Waals surface area contributed by atoms with E-state index in [0.717, 1.165) is 125 Å². The maximum Gasteiger partial charge on any atom is 0.258 e. The van der Waals surface area contributed by atoms with Gasteiger partial charge >= 0.3 is 0 Å². The third kappa shape index (κ3) is 17.8. The number of nitrogens with one attached hydrogen (secondary N) is 4. The molecule has 8 aromatic heterocycles. The number of rotatable bonds is 13. The van der Waals surface area contributed by atoms with Crippen LogP contribution in [0, 0.1) is 11.6 Å². The predicted molar refractivity (Wildman–Crippen MR) is 418 cm³/mol. The molecule has 0 radical (unpaired) electrons. The number of nitrogens with zero attached hydrogens (tertiary/aromatic N) is 11. The number of hydrogen-bond acceptors (Lipinski definition) is 19. The van der Waals surface area contributed by atoms with Crippen molar-refractivity contribution >= 4 is 68.4 Å². The van der Waals surface area contributed by atoms with Gasteiger partial charge < -0.3 is 54.9 Å². The maximum absolute atomic E-state index is 13.6. The van der Waals surface area contributed by atoms with Crippen molar-refractivity contribution < 1.29 is 27.7 Å². The smallest absolute Gasteiger partial charge is 0.258 e. The van der Waals surface area contributed by atoms with Crippen molar-refractivity contribution in [2.45, 2.75) is 38.3 Å². The molecule has 0 amide bonds. The molecule has 0 unspecified atom stereocenters. The van der Waals surface area contributed by atoms with Crippen LogP contribution in [0.1, 0.15) is 31.7 Å². The van der Waals surface area contributed by atoms with Crippen molar-refractivity contribution in [2.75, 3.05) is 123 Å². The van der Waals surface area contributed by atoms with E-state index in [0.29, 0.717) is 91.6 Å². The zero-order valence-electron chi connectivity index (χ0n) is 60.0. The first kappa shape index (κ1) is 74.2. The molecule has 12 heterocycles. The van der Waals surface area contributed by atoms with E-state index in [9.17, 15) is 28.0 Å². The van der Waals surface area contributed by atoms with Crippen molar-refractivity contribution in [3.05, 3.63) is 245 Å². The van der Waals surface area contributed by atoms with E-state index < -0.39 is 11.6 Å². The van der Waals surface area contributed by atoms with Crippen molar-refractivity contribution in [2.24, 2.45) is 0 Å². The van der Waals surface area contributed by atoms with Crippen LogP contribution >= 0.6 is 23.2 Å². The summed E-state index contributed by atoms with van der Waals surface area (Å²) in [5, 5.41) is 14.1. The van der Waals surface area contributed by atoms with Crippen LogP contribution < -0.4 is 72.3 Å². The van der Waals surface area contributed by atoms with Gasteiger partial charge in [-0.05, 0) is 179 Å². The first-order chi connectivity index (χ1) is 51.8. The fourth-order valence-corrected chi connectivity index (χ4v) is 13.8. The zero-order chi connectivity index (χ0) is 74.8. The molecule has 0 bridgehead atoms. The molecule has 16 rings (SSSR count). The molecule has 27 heteroatoms. The predicted octanol–water partition coefficient (Wildman–Crippen LogP) is 11.2. The van der Waals surface area contributed by atoms with Crippen LogP contribution in [0.25, 0.3) is 73.2 Å². The summed E-state index contributed by atoms with van der Waals surface area (Å²) in [6.07, 6.45) is 12.7. The molecule has 1 atom stereocenters. The number of methoxy groups -OCH3 is 4. The zero-order valence-corrected chi connectivity index (χ0v) is 61.5. The second-order valence-electron chi connectivity index (χ2n) is 26.3. The van der Waals surface area contributed by atoms with Gasteiger partial charge in [0.2, 0.25) is 0 Å². The Morgan fingerprint density at radius 1 is 0.458 bits per heavy atom. The first-order valence-corrected chi connectivity index (χ1v) is 35.9. The van der Waals surface area contributed by atoms with Gasteiger partial charge in [0.05, 0.1) is 68.3 Å². The molecule has 12 aromatic rings. The Labute approximate surface area is 625 Å². The highest BCUT2D eigenvalue weighted by molar-refractivity contribution is 6.31. The molecule has 23 nitrogen and oxygen atoms in total. The Bertz CT molecular complexity index is 5510. The van der Waals surface area contributed by atoms with Crippen LogP contribution in [0.2, 0.25) is 10.0 Å². The molecule has 3 saturated heterocycles. The number of anilines is 3. The lowest BCUT2D eigenvalue weighted by Crippen LogP contribution is -2.49. The molecule has 0 spiro atoms. The summed E-state index contributed by atoms with van der Waals surface area (Å²) in [5.74, 6) is 1.56. The molecular formula is C80H81Cl2F2N15O8. The Balaban J connectivity index is 0.000000126. The molecular weight excluding hydrogens is 1410 g/mol. The number of fused-ring (bicyclic) bond motifs is 4. The molecule has 0 saturated carbocycles. The number of ether oxygens (including phenoxy) is 4. The SMILES string of the molecule is COc1ccc(-c2cc(=O)n3cc(C4=CCN(C)CC4)ccc3n2)cc1OC.COc1ccc(-c2cc(=O)n3cc(NC4CCNCC4)ccc3n2)cc1OC.C[C@H]1CN(c2ccc3nc(-c4cc(F)cc(Cl)c4)cc(=O)n3c2)CCN1.O=c1cc(-c2cc(F)cc(Cl)c2)nc2ccc(N3CCNCC3)cn12. The normalized spacial score (nSPS) is 15.5.